The summed E-state index contributed by atoms with van der Waals surface area (Å²) in [4.78, 5) is 0. The van der Waals surface area contributed by atoms with Gasteiger partial charge in [0.05, 0.1) is 6.61 Å². The van der Waals surface area contributed by atoms with E-state index >= 15 is 0 Å². The molecular formula is C11H15O. The fourth-order valence-corrected chi connectivity index (χ4v) is 1.25. The van der Waals surface area contributed by atoms with Gasteiger partial charge in [0.25, 0.3) is 0 Å². The first-order chi connectivity index (χ1) is 5.66. The normalized spacial score (nSPS) is 10.0. The van der Waals surface area contributed by atoms with E-state index in [1.807, 2.05) is 0 Å². The maximum Gasteiger partial charge on any atom is 0.125 e. The Morgan fingerprint density at radius 1 is 1.17 bits per heavy atom. The minimum absolute atomic E-state index is 0.491. The number of rotatable bonds is 2. The van der Waals surface area contributed by atoms with E-state index in [1.54, 1.807) is 0 Å². The van der Waals surface area contributed by atoms with Gasteiger partial charge in [0.1, 0.15) is 5.75 Å². The SMILES string of the molecule is [CH2]COc1c(C)ccc(C)c1C. The van der Waals surface area contributed by atoms with Gasteiger partial charge < -0.3 is 4.74 Å². The summed E-state index contributed by atoms with van der Waals surface area (Å²) in [6, 6.07) is 4.19. The molecule has 1 nitrogen and oxygen atoms in total. The van der Waals surface area contributed by atoms with E-state index in [0.29, 0.717) is 6.61 Å². The second-order valence-electron chi connectivity index (χ2n) is 3.00. The highest BCUT2D eigenvalue weighted by Crippen LogP contribution is 2.25. The number of ether oxygens (including phenoxy) is 1. The van der Waals surface area contributed by atoms with Crippen molar-refractivity contribution in [1.82, 2.24) is 0 Å². The Kier molecular flexibility index (Phi) is 2.74. The lowest BCUT2D eigenvalue weighted by molar-refractivity contribution is 0.355. The highest BCUT2D eigenvalue weighted by atomic mass is 16.5. The maximum absolute atomic E-state index is 5.44. The third kappa shape index (κ3) is 1.60. The van der Waals surface area contributed by atoms with Crippen molar-refractivity contribution in [2.24, 2.45) is 0 Å². The van der Waals surface area contributed by atoms with Crippen LogP contribution in [0.5, 0.6) is 5.75 Å². The lowest BCUT2D eigenvalue weighted by Gasteiger charge is -2.11. The minimum atomic E-state index is 0.491. The molecule has 0 aliphatic rings. The molecule has 0 N–H and O–H groups in total. The van der Waals surface area contributed by atoms with Crippen LogP contribution in [0.1, 0.15) is 16.7 Å². The molecule has 1 rings (SSSR count). The summed E-state index contributed by atoms with van der Waals surface area (Å²) < 4.78 is 5.44. The first-order valence-corrected chi connectivity index (χ1v) is 4.15. The lowest BCUT2D eigenvalue weighted by Crippen LogP contribution is -1.98. The molecule has 0 unspecified atom stereocenters. The molecule has 0 amide bonds. The van der Waals surface area contributed by atoms with Crippen LogP contribution >= 0.6 is 0 Å². The van der Waals surface area contributed by atoms with Gasteiger partial charge in [-0.2, -0.15) is 0 Å². The van der Waals surface area contributed by atoms with Crippen molar-refractivity contribution in [2.75, 3.05) is 6.61 Å². The summed E-state index contributed by atoms with van der Waals surface area (Å²) in [5, 5.41) is 0. The van der Waals surface area contributed by atoms with E-state index in [4.69, 9.17) is 4.74 Å². The Labute approximate surface area is 74.4 Å². The van der Waals surface area contributed by atoms with Crippen LogP contribution in [0.3, 0.4) is 0 Å². The van der Waals surface area contributed by atoms with Crippen LogP contribution in [0, 0.1) is 27.7 Å². The smallest absolute Gasteiger partial charge is 0.125 e. The molecule has 12 heavy (non-hydrogen) atoms. The van der Waals surface area contributed by atoms with Crippen LogP contribution in [0.2, 0.25) is 0 Å². The predicted octanol–water partition coefficient (Wildman–Crippen LogP) is 2.82. The number of aryl methyl sites for hydroxylation is 2. The highest BCUT2D eigenvalue weighted by Gasteiger charge is 2.04. The first-order valence-electron chi connectivity index (χ1n) is 4.15. The predicted molar refractivity (Wildman–Crippen MR) is 51.5 cm³/mol. The molecule has 0 aliphatic heterocycles. The summed E-state index contributed by atoms with van der Waals surface area (Å²) in [5.41, 5.74) is 3.67. The van der Waals surface area contributed by atoms with Crippen molar-refractivity contribution in [3.63, 3.8) is 0 Å². The topological polar surface area (TPSA) is 9.23 Å². The van der Waals surface area contributed by atoms with Crippen molar-refractivity contribution in [3.8, 4) is 5.75 Å². The zero-order valence-electron chi connectivity index (χ0n) is 7.98. The van der Waals surface area contributed by atoms with Crippen molar-refractivity contribution in [3.05, 3.63) is 35.7 Å². The second-order valence-corrected chi connectivity index (χ2v) is 3.00. The molecule has 0 saturated heterocycles. The van der Waals surface area contributed by atoms with Crippen LogP contribution in [-0.4, -0.2) is 6.61 Å². The lowest BCUT2D eigenvalue weighted by atomic mass is 10.1. The standard InChI is InChI=1S/C11H15O/c1-5-12-11-9(3)7-6-8(2)10(11)4/h6-7H,1,5H2,2-4H3. The zero-order valence-corrected chi connectivity index (χ0v) is 7.98. The summed E-state index contributed by atoms with van der Waals surface area (Å²) in [7, 11) is 0. The van der Waals surface area contributed by atoms with Gasteiger partial charge in [-0.3, -0.25) is 0 Å². The fourth-order valence-electron chi connectivity index (χ4n) is 1.25. The highest BCUT2D eigenvalue weighted by molar-refractivity contribution is 5.44. The molecule has 1 heteroatoms. The number of hydrogen-bond donors (Lipinski definition) is 0. The van der Waals surface area contributed by atoms with E-state index < -0.39 is 0 Å². The van der Waals surface area contributed by atoms with E-state index in [-0.39, 0.29) is 0 Å². The van der Waals surface area contributed by atoms with Crippen molar-refractivity contribution >= 4 is 0 Å². The van der Waals surface area contributed by atoms with Crippen molar-refractivity contribution in [2.45, 2.75) is 20.8 Å². The van der Waals surface area contributed by atoms with Crippen LogP contribution in [-0.2, 0) is 0 Å². The monoisotopic (exact) mass is 163 g/mol. The summed E-state index contributed by atoms with van der Waals surface area (Å²) in [5.74, 6) is 0.991. The van der Waals surface area contributed by atoms with Crippen molar-refractivity contribution in [1.29, 1.82) is 0 Å². The molecule has 0 fully saturated rings. The molecule has 0 bridgehead atoms. The van der Waals surface area contributed by atoms with E-state index in [2.05, 4.69) is 39.8 Å². The van der Waals surface area contributed by atoms with Gasteiger partial charge in [-0.1, -0.05) is 12.1 Å². The molecular weight excluding hydrogens is 148 g/mol. The minimum Gasteiger partial charge on any atom is -0.493 e. The van der Waals surface area contributed by atoms with Crippen LogP contribution in [0.25, 0.3) is 0 Å². The van der Waals surface area contributed by atoms with Gasteiger partial charge in [-0.05, 0) is 44.4 Å². The van der Waals surface area contributed by atoms with Crippen LogP contribution in [0.4, 0.5) is 0 Å². The molecule has 1 aromatic rings. The average Bonchev–Trinajstić information content (AvgIpc) is 2.06. The average molecular weight is 163 g/mol. The summed E-state index contributed by atoms with van der Waals surface area (Å²) >= 11 is 0. The zero-order chi connectivity index (χ0) is 9.14. The van der Waals surface area contributed by atoms with E-state index in [1.165, 1.54) is 16.7 Å². The fraction of sp³-hybridized carbons (Fsp3) is 0.364. The van der Waals surface area contributed by atoms with Crippen LogP contribution in [0.15, 0.2) is 12.1 Å². The van der Waals surface area contributed by atoms with Gasteiger partial charge in [0, 0.05) is 0 Å². The summed E-state index contributed by atoms with van der Waals surface area (Å²) in [6.45, 7) is 10.4. The number of benzene rings is 1. The molecule has 0 aliphatic carbocycles. The Morgan fingerprint density at radius 3 is 2.33 bits per heavy atom. The molecule has 0 saturated carbocycles. The Hall–Kier alpha value is -0.980. The molecule has 0 atom stereocenters. The quantitative estimate of drug-likeness (QED) is 0.651. The molecule has 1 radical (unpaired) electrons. The van der Waals surface area contributed by atoms with E-state index in [0.717, 1.165) is 5.75 Å². The van der Waals surface area contributed by atoms with Gasteiger partial charge >= 0.3 is 0 Å². The second kappa shape index (κ2) is 3.61. The molecule has 1 aromatic carbocycles. The third-order valence-corrected chi connectivity index (χ3v) is 2.12. The van der Waals surface area contributed by atoms with Gasteiger partial charge in [-0.25, -0.2) is 0 Å². The van der Waals surface area contributed by atoms with Gasteiger partial charge in [0.15, 0.2) is 0 Å². The van der Waals surface area contributed by atoms with Gasteiger partial charge in [-0.15, -0.1) is 0 Å². The van der Waals surface area contributed by atoms with Crippen molar-refractivity contribution < 1.29 is 4.74 Å². The molecule has 0 heterocycles. The Balaban J connectivity index is 3.14. The van der Waals surface area contributed by atoms with Gasteiger partial charge in [0.2, 0.25) is 0 Å². The maximum atomic E-state index is 5.44. The molecule has 65 valence electrons. The largest absolute Gasteiger partial charge is 0.493 e. The third-order valence-electron chi connectivity index (χ3n) is 2.12. The van der Waals surface area contributed by atoms with E-state index in [9.17, 15) is 0 Å². The first kappa shape index (κ1) is 9.11. The number of hydrogen-bond acceptors (Lipinski definition) is 1. The molecule has 0 aromatic heterocycles. The Morgan fingerprint density at radius 2 is 1.75 bits per heavy atom. The summed E-state index contributed by atoms with van der Waals surface area (Å²) in [6.07, 6.45) is 0. The van der Waals surface area contributed by atoms with Crippen LogP contribution < -0.4 is 4.74 Å². The molecule has 0 spiro atoms. The Bertz CT molecular complexity index is 277.